The number of benzene rings is 1. The zero-order valence-electron chi connectivity index (χ0n) is 10.7. The molecular weight excluding hydrogens is 297 g/mol. The van der Waals surface area contributed by atoms with Crippen molar-refractivity contribution in [1.82, 2.24) is 14.5 Å². The number of imidazole rings is 1. The zero-order valence-corrected chi connectivity index (χ0v) is 12.3. The second-order valence-corrected chi connectivity index (χ2v) is 5.78. The van der Waals surface area contributed by atoms with Gasteiger partial charge in [-0.3, -0.25) is 0 Å². The van der Waals surface area contributed by atoms with Crippen LogP contribution in [0, 0.1) is 5.82 Å². The lowest BCUT2D eigenvalue weighted by molar-refractivity contribution is 0.626. The number of thiazole rings is 1. The Labute approximate surface area is 125 Å². The SMILES string of the molecule is Fc1ccc2nc(CCCl)n(CCc3nccs3)c2c1. The molecule has 0 unspecified atom stereocenters. The molecule has 0 saturated carbocycles. The van der Waals surface area contributed by atoms with Crippen molar-refractivity contribution >= 4 is 34.0 Å². The van der Waals surface area contributed by atoms with E-state index in [0.717, 1.165) is 34.8 Å². The van der Waals surface area contributed by atoms with E-state index in [9.17, 15) is 4.39 Å². The van der Waals surface area contributed by atoms with Crippen LogP contribution in [-0.2, 0) is 19.4 Å². The molecule has 1 aromatic carbocycles. The molecule has 104 valence electrons. The highest BCUT2D eigenvalue weighted by atomic mass is 35.5. The van der Waals surface area contributed by atoms with Crippen LogP contribution in [-0.4, -0.2) is 20.4 Å². The maximum atomic E-state index is 13.4. The summed E-state index contributed by atoms with van der Waals surface area (Å²) in [6.07, 6.45) is 3.29. The Morgan fingerprint density at radius 1 is 1.30 bits per heavy atom. The van der Waals surface area contributed by atoms with E-state index in [1.807, 2.05) is 9.95 Å². The summed E-state index contributed by atoms with van der Waals surface area (Å²) in [5.74, 6) is 1.16. The summed E-state index contributed by atoms with van der Waals surface area (Å²) in [7, 11) is 0. The Morgan fingerprint density at radius 3 is 2.95 bits per heavy atom. The molecule has 0 aliphatic carbocycles. The lowest BCUT2D eigenvalue weighted by atomic mass is 10.3. The fourth-order valence-corrected chi connectivity index (χ4v) is 3.03. The average Bonchev–Trinajstić information content (AvgIpc) is 3.04. The summed E-state index contributed by atoms with van der Waals surface area (Å²) in [5.41, 5.74) is 1.63. The Balaban J connectivity index is 1.96. The predicted molar refractivity (Wildman–Crippen MR) is 79.9 cm³/mol. The summed E-state index contributed by atoms with van der Waals surface area (Å²) in [5, 5.41) is 3.03. The van der Waals surface area contributed by atoms with Crippen molar-refractivity contribution in [3.63, 3.8) is 0 Å². The number of rotatable bonds is 5. The van der Waals surface area contributed by atoms with Gasteiger partial charge in [-0.2, -0.15) is 0 Å². The number of aryl methyl sites for hydroxylation is 3. The molecule has 20 heavy (non-hydrogen) atoms. The fourth-order valence-electron chi connectivity index (χ4n) is 2.25. The van der Waals surface area contributed by atoms with Gasteiger partial charge >= 0.3 is 0 Å². The van der Waals surface area contributed by atoms with Crippen LogP contribution in [0.4, 0.5) is 4.39 Å². The number of nitrogens with zero attached hydrogens (tertiary/aromatic N) is 3. The fraction of sp³-hybridized carbons (Fsp3) is 0.286. The number of hydrogen-bond donors (Lipinski definition) is 0. The van der Waals surface area contributed by atoms with Crippen LogP contribution >= 0.6 is 22.9 Å². The van der Waals surface area contributed by atoms with E-state index in [1.165, 1.54) is 12.1 Å². The van der Waals surface area contributed by atoms with E-state index in [4.69, 9.17) is 11.6 Å². The quantitative estimate of drug-likeness (QED) is 0.673. The van der Waals surface area contributed by atoms with Crippen molar-refractivity contribution < 1.29 is 4.39 Å². The summed E-state index contributed by atoms with van der Waals surface area (Å²) < 4.78 is 15.5. The standard InChI is InChI=1S/C14H13ClFN3S/c15-5-3-13-18-11-2-1-10(16)9-12(11)19(13)7-4-14-17-6-8-20-14/h1-2,6,8-9H,3-5,7H2. The van der Waals surface area contributed by atoms with Crippen LogP contribution in [0.1, 0.15) is 10.8 Å². The molecule has 3 aromatic rings. The Bertz CT molecular complexity index is 709. The first-order valence-electron chi connectivity index (χ1n) is 6.37. The Kier molecular flexibility index (Phi) is 3.98. The molecule has 2 aromatic heterocycles. The van der Waals surface area contributed by atoms with Gasteiger partial charge in [-0.05, 0) is 18.2 Å². The molecule has 0 atom stereocenters. The summed E-state index contributed by atoms with van der Waals surface area (Å²) in [4.78, 5) is 8.81. The second-order valence-electron chi connectivity index (χ2n) is 4.43. The van der Waals surface area contributed by atoms with Crippen LogP contribution in [0.25, 0.3) is 11.0 Å². The topological polar surface area (TPSA) is 30.7 Å². The summed E-state index contributed by atoms with van der Waals surface area (Å²) in [6.45, 7) is 0.736. The molecule has 0 fully saturated rings. The molecule has 0 saturated heterocycles. The van der Waals surface area contributed by atoms with Crippen molar-refractivity contribution in [3.8, 4) is 0 Å². The molecular formula is C14H13ClFN3S. The number of halogens is 2. The molecule has 0 bridgehead atoms. The first-order chi connectivity index (χ1) is 9.78. The monoisotopic (exact) mass is 309 g/mol. The Hall–Kier alpha value is -1.46. The molecule has 3 rings (SSSR count). The molecule has 3 nitrogen and oxygen atoms in total. The minimum absolute atomic E-state index is 0.245. The van der Waals surface area contributed by atoms with Gasteiger partial charge < -0.3 is 4.57 Å². The molecule has 0 aliphatic rings. The van der Waals surface area contributed by atoms with Gasteiger partial charge in [0.05, 0.1) is 16.0 Å². The first-order valence-corrected chi connectivity index (χ1v) is 7.78. The predicted octanol–water partition coefficient (Wildman–Crippen LogP) is 3.66. The third-order valence-corrected chi connectivity index (χ3v) is 4.17. The minimum Gasteiger partial charge on any atom is -0.327 e. The molecule has 0 aliphatic heterocycles. The smallest absolute Gasteiger partial charge is 0.125 e. The van der Waals surface area contributed by atoms with Gasteiger partial charge in [0.1, 0.15) is 11.6 Å². The normalized spacial score (nSPS) is 11.3. The van der Waals surface area contributed by atoms with Crippen molar-refractivity contribution in [2.24, 2.45) is 0 Å². The van der Waals surface area contributed by atoms with Crippen LogP contribution in [0.5, 0.6) is 0 Å². The van der Waals surface area contributed by atoms with Crippen LogP contribution < -0.4 is 0 Å². The highest BCUT2D eigenvalue weighted by Gasteiger charge is 2.11. The van der Waals surface area contributed by atoms with Gasteiger partial charge in [0, 0.05) is 36.8 Å². The van der Waals surface area contributed by atoms with Gasteiger partial charge in [-0.15, -0.1) is 22.9 Å². The second kappa shape index (κ2) is 5.89. The highest BCUT2D eigenvalue weighted by molar-refractivity contribution is 7.09. The van der Waals surface area contributed by atoms with Crippen LogP contribution in [0.3, 0.4) is 0 Å². The van der Waals surface area contributed by atoms with E-state index < -0.39 is 0 Å². The Morgan fingerprint density at radius 2 is 2.20 bits per heavy atom. The number of aromatic nitrogens is 3. The third-order valence-electron chi connectivity index (χ3n) is 3.14. The first kappa shape index (κ1) is 13.5. The highest BCUT2D eigenvalue weighted by Crippen LogP contribution is 2.19. The van der Waals surface area contributed by atoms with E-state index in [1.54, 1.807) is 23.6 Å². The molecule has 0 spiro atoms. The van der Waals surface area contributed by atoms with Gasteiger partial charge in [0.15, 0.2) is 0 Å². The largest absolute Gasteiger partial charge is 0.327 e. The lowest BCUT2D eigenvalue weighted by Gasteiger charge is -2.07. The van der Waals surface area contributed by atoms with E-state index in [0.29, 0.717) is 12.3 Å². The third kappa shape index (κ3) is 2.69. The molecule has 2 heterocycles. The molecule has 0 N–H and O–H groups in total. The van der Waals surface area contributed by atoms with Gasteiger partial charge in [0.25, 0.3) is 0 Å². The number of fused-ring (bicyclic) bond motifs is 1. The van der Waals surface area contributed by atoms with Crippen molar-refractivity contribution in [3.05, 3.63) is 46.4 Å². The minimum atomic E-state index is -0.245. The van der Waals surface area contributed by atoms with Crippen molar-refractivity contribution in [1.29, 1.82) is 0 Å². The molecule has 0 amide bonds. The maximum Gasteiger partial charge on any atom is 0.125 e. The maximum absolute atomic E-state index is 13.4. The average molecular weight is 310 g/mol. The lowest BCUT2D eigenvalue weighted by Crippen LogP contribution is -2.07. The van der Waals surface area contributed by atoms with Crippen LogP contribution in [0.2, 0.25) is 0 Å². The van der Waals surface area contributed by atoms with Gasteiger partial charge in [0.2, 0.25) is 0 Å². The van der Waals surface area contributed by atoms with Crippen molar-refractivity contribution in [2.75, 3.05) is 5.88 Å². The van der Waals surface area contributed by atoms with Crippen LogP contribution in [0.15, 0.2) is 29.8 Å². The molecule has 0 radical (unpaired) electrons. The zero-order chi connectivity index (χ0) is 13.9. The van der Waals surface area contributed by atoms with Crippen molar-refractivity contribution in [2.45, 2.75) is 19.4 Å². The number of hydrogen-bond acceptors (Lipinski definition) is 3. The van der Waals surface area contributed by atoms with E-state index in [-0.39, 0.29) is 5.82 Å². The van der Waals surface area contributed by atoms with E-state index in [2.05, 4.69) is 9.97 Å². The molecule has 6 heteroatoms. The summed E-state index contributed by atoms with van der Waals surface area (Å²) >= 11 is 7.46. The van der Waals surface area contributed by atoms with E-state index >= 15 is 0 Å². The van der Waals surface area contributed by atoms with Gasteiger partial charge in [-0.25, -0.2) is 14.4 Å². The number of alkyl halides is 1. The van der Waals surface area contributed by atoms with Gasteiger partial charge in [-0.1, -0.05) is 0 Å². The summed E-state index contributed by atoms with van der Waals surface area (Å²) in [6, 6.07) is 4.68.